The Bertz CT molecular complexity index is 578. The van der Waals surface area contributed by atoms with Crippen LogP contribution in [-0.4, -0.2) is 19.6 Å². The fourth-order valence-corrected chi connectivity index (χ4v) is 2.20. The van der Waals surface area contributed by atoms with E-state index in [4.69, 9.17) is 4.74 Å². The Morgan fingerprint density at radius 2 is 1.68 bits per heavy atom. The number of unbranched alkanes of at least 4 members (excludes halogenated alkanes) is 2. The van der Waals surface area contributed by atoms with E-state index in [1.807, 2.05) is 54.6 Å². The predicted octanol–water partition coefficient (Wildman–Crippen LogP) is 4.53. The van der Waals surface area contributed by atoms with Crippen molar-refractivity contribution >= 4 is 11.6 Å². The molecule has 0 heterocycles. The van der Waals surface area contributed by atoms with Crippen LogP contribution in [0.15, 0.2) is 54.6 Å². The van der Waals surface area contributed by atoms with Gasteiger partial charge in [0.2, 0.25) is 0 Å². The Hall–Kier alpha value is -2.29. The monoisotopic (exact) mass is 297 g/mol. The summed E-state index contributed by atoms with van der Waals surface area (Å²) >= 11 is 0. The van der Waals surface area contributed by atoms with E-state index in [9.17, 15) is 4.79 Å². The quantitative estimate of drug-likeness (QED) is 0.703. The molecule has 3 heteroatoms. The van der Waals surface area contributed by atoms with Crippen LogP contribution in [0.5, 0.6) is 5.75 Å². The van der Waals surface area contributed by atoms with Gasteiger partial charge in [0.05, 0.1) is 6.61 Å². The standard InChI is InChI=1S/C19H23NO2/c1-3-4-8-15-22-18-13-11-16(12-14-18)19(21)20(2)17-9-6-5-7-10-17/h5-7,9-14H,3-4,8,15H2,1-2H3. The molecule has 0 fully saturated rings. The van der Waals surface area contributed by atoms with Gasteiger partial charge in [-0.3, -0.25) is 4.79 Å². The molecule has 116 valence electrons. The summed E-state index contributed by atoms with van der Waals surface area (Å²) in [6, 6.07) is 17.0. The minimum absolute atomic E-state index is 0.0243. The van der Waals surface area contributed by atoms with E-state index in [0.29, 0.717) is 5.56 Å². The third kappa shape index (κ3) is 4.35. The van der Waals surface area contributed by atoms with Crippen molar-refractivity contribution in [3.63, 3.8) is 0 Å². The second-order valence-electron chi connectivity index (χ2n) is 5.28. The number of hydrogen-bond donors (Lipinski definition) is 0. The summed E-state index contributed by atoms with van der Waals surface area (Å²) in [4.78, 5) is 14.1. The normalized spacial score (nSPS) is 10.3. The fourth-order valence-electron chi connectivity index (χ4n) is 2.20. The number of rotatable bonds is 7. The Morgan fingerprint density at radius 1 is 1.00 bits per heavy atom. The molecule has 2 aromatic carbocycles. The minimum Gasteiger partial charge on any atom is -0.494 e. The van der Waals surface area contributed by atoms with E-state index < -0.39 is 0 Å². The van der Waals surface area contributed by atoms with Gasteiger partial charge in [0.15, 0.2) is 0 Å². The average Bonchev–Trinajstić information content (AvgIpc) is 2.59. The van der Waals surface area contributed by atoms with Crippen molar-refractivity contribution in [1.82, 2.24) is 0 Å². The van der Waals surface area contributed by atoms with Gasteiger partial charge >= 0.3 is 0 Å². The molecule has 0 aliphatic heterocycles. The van der Waals surface area contributed by atoms with Crippen LogP contribution < -0.4 is 9.64 Å². The molecule has 0 radical (unpaired) electrons. The summed E-state index contributed by atoms with van der Waals surface area (Å²) in [6.45, 7) is 2.90. The second-order valence-corrected chi connectivity index (χ2v) is 5.28. The Morgan fingerprint density at radius 3 is 2.32 bits per heavy atom. The summed E-state index contributed by atoms with van der Waals surface area (Å²) in [5.41, 5.74) is 1.54. The molecular weight excluding hydrogens is 274 g/mol. The zero-order chi connectivity index (χ0) is 15.8. The molecule has 0 saturated carbocycles. The van der Waals surface area contributed by atoms with Gasteiger partial charge in [-0.05, 0) is 42.8 Å². The van der Waals surface area contributed by atoms with Crippen molar-refractivity contribution < 1.29 is 9.53 Å². The van der Waals surface area contributed by atoms with Gasteiger partial charge in [0, 0.05) is 18.3 Å². The van der Waals surface area contributed by atoms with Crippen LogP contribution in [-0.2, 0) is 0 Å². The third-order valence-corrected chi connectivity index (χ3v) is 3.57. The molecule has 1 amide bonds. The highest BCUT2D eigenvalue weighted by Crippen LogP contribution is 2.17. The first-order valence-electron chi connectivity index (χ1n) is 7.78. The van der Waals surface area contributed by atoms with Crippen molar-refractivity contribution in [2.75, 3.05) is 18.6 Å². The highest BCUT2D eigenvalue weighted by atomic mass is 16.5. The molecule has 2 aromatic rings. The van der Waals surface area contributed by atoms with Crippen molar-refractivity contribution in [2.45, 2.75) is 26.2 Å². The maximum absolute atomic E-state index is 12.4. The molecule has 0 saturated heterocycles. The lowest BCUT2D eigenvalue weighted by Crippen LogP contribution is -2.25. The van der Waals surface area contributed by atoms with Crippen molar-refractivity contribution in [3.8, 4) is 5.75 Å². The van der Waals surface area contributed by atoms with Crippen LogP contribution in [0.3, 0.4) is 0 Å². The third-order valence-electron chi connectivity index (χ3n) is 3.57. The number of hydrogen-bond acceptors (Lipinski definition) is 2. The van der Waals surface area contributed by atoms with E-state index >= 15 is 0 Å². The maximum atomic E-state index is 12.4. The Kier molecular flexibility index (Phi) is 6.01. The van der Waals surface area contributed by atoms with Crippen LogP contribution in [0.4, 0.5) is 5.69 Å². The highest BCUT2D eigenvalue weighted by molar-refractivity contribution is 6.05. The molecule has 0 atom stereocenters. The lowest BCUT2D eigenvalue weighted by atomic mass is 10.2. The van der Waals surface area contributed by atoms with E-state index in [1.54, 1.807) is 11.9 Å². The van der Waals surface area contributed by atoms with Gasteiger partial charge in [-0.1, -0.05) is 38.0 Å². The highest BCUT2D eigenvalue weighted by Gasteiger charge is 2.13. The first-order valence-corrected chi connectivity index (χ1v) is 7.78. The molecule has 0 unspecified atom stereocenters. The van der Waals surface area contributed by atoms with Crippen molar-refractivity contribution in [2.24, 2.45) is 0 Å². The average molecular weight is 297 g/mol. The van der Waals surface area contributed by atoms with E-state index in [2.05, 4.69) is 6.92 Å². The number of carbonyl (C=O) groups excluding carboxylic acids is 1. The Balaban J connectivity index is 1.96. The van der Waals surface area contributed by atoms with Crippen LogP contribution in [0, 0.1) is 0 Å². The van der Waals surface area contributed by atoms with E-state index in [0.717, 1.165) is 24.5 Å². The lowest BCUT2D eigenvalue weighted by Gasteiger charge is -2.17. The van der Waals surface area contributed by atoms with Gasteiger partial charge in [-0.15, -0.1) is 0 Å². The van der Waals surface area contributed by atoms with Gasteiger partial charge < -0.3 is 9.64 Å². The number of anilines is 1. The molecular formula is C19H23NO2. The Labute approximate surface area is 132 Å². The summed E-state index contributed by atoms with van der Waals surface area (Å²) in [7, 11) is 1.78. The number of amides is 1. The van der Waals surface area contributed by atoms with Gasteiger partial charge in [-0.2, -0.15) is 0 Å². The van der Waals surface area contributed by atoms with Gasteiger partial charge in [0.1, 0.15) is 5.75 Å². The molecule has 0 bridgehead atoms. The summed E-state index contributed by atoms with van der Waals surface area (Å²) in [6.07, 6.45) is 3.43. The van der Waals surface area contributed by atoms with E-state index in [1.165, 1.54) is 12.8 Å². The van der Waals surface area contributed by atoms with Crippen molar-refractivity contribution in [1.29, 1.82) is 0 Å². The zero-order valence-corrected chi connectivity index (χ0v) is 13.3. The lowest BCUT2D eigenvalue weighted by molar-refractivity contribution is 0.0993. The SMILES string of the molecule is CCCCCOc1ccc(C(=O)N(C)c2ccccc2)cc1. The molecule has 2 rings (SSSR count). The fraction of sp³-hybridized carbons (Fsp3) is 0.316. The molecule has 0 aliphatic carbocycles. The molecule has 0 N–H and O–H groups in total. The molecule has 0 aromatic heterocycles. The predicted molar refractivity (Wildman–Crippen MR) is 90.6 cm³/mol. The first-order chi connectivity index (χ1) is 10.7. The molecule has 0 spiro atoms. The minimum atomic E-state index is -0.0243. The van der Waals surface area contributed by atoms with Crippen molar-refractivity contribution in [3.05, 3.63) is 60.2 Å². The largest absolute Gasteiger partial charge is 0.494 e. The number of nitrogens with zero attached hydrogens (tertiary/aromatic N) is 1. The summed E-state index contributed by atoms with van der Waals surface area (Å²) < 4.78 is 5.66. The molecule has 0 aliphatic rings. The molecule has 22 heavy (non-hydrogen) atoms. The number of ether oxygens (including phenoxy) is 1. The zero-order valence-electron chi connectivity index (χ0n) is 13.3. The van der Waals surface area contributed by atoms with Gasteiger partial charge in [-0.25, -0.2) is 0 Å². The smallest absolute Gasteiger partial charge is 0.258 e. The van der Waals surface area contributed by atoms with Crippen LogP contribution >= 0.6 is 0 Å². The first kappa shape index (κ1) is 16.1. The molecule has 3 nitrogen and oxygen atoms in total. The van der Waals surface area contributed by atoms with Crippen LogP contribution in [0.1, 0.15) is 36.5 Å². The summed E-state index contributed by atoms with van der Waals surface area (Å²) in [5.74, 6) is 0.791. The topological polar surface area (TPSA) is 29.5 Å². The summed E-state index contributed by atoms with van der Waals surface area (Å²) in [5, 5.41) is 0. The van der Waals surface area contributed by atoms with Crippen LogP contribution in [0.25, 0.3) is 0 Å². The number of para-hydroxylation sites is 1. The maximum Gasteiger partial charge on any atom is 0.258 e. The van der Waals surface area contributed by atoms with Gasteiger partial charge in [0.25, 0.3) is 5.91 Å². The second kappa shape index (κ2) is 8.23. The van der Waals surface area contributed by atoms with Crippen LogP contribution in [0.2, 0.25) is 0 Å². The van der Waals surface area contributed by atoms with E-state index in [-0.39, 0.29) is 5.91 Å². The number of carbonyl (C=O) groups is 1. The number of benzene rings is 2.